The smallest absolute Gasteiger partial charge is 0.251 e. The Kier molecular flexibility index (Phi) is 4.56. The summed E-state index contributed by atoms with van der Waals surface area (Å²) in [4.78, 5) is 12.4. The van der Waals surface area contributed by atoms with E-state index in [2.05, 4.69) is 22.4 Å². The quantitative estimate of drug-likeness (QED) is 0.847. The molecule has 2 N–H and O–H groups in total. The zero-order valence-electron chi connectivity index (χ0n) is 13.0. The molecule has 1 heterocycles. The SMILES string of the molecule is CC1CCCC(NC(=O)c2ccc(-c3cn[nH]c3)cc2)CC1. The lowest BCUT2D eigenvalue weighted by molar-refractivity contribution is 0.0933. The van der Waals surface area contributed by atoms with Crippen molar-refractivity contribution in [3.63, 3.8) is 0 Å². The molecule has 3 rings (SSSR count). The van der Waals surface area contributed by atoms with Gasteiger partial charge in [0.2, 0.25) is 0 Å². The topological polar surface area (TPSA) is 57.8 Å². The number of aromatic nitrogens is 2. The van der Waals surface area contributed by atoms with E-state index in [-0.39, 0.29) is 5.91 Å². The van der Waals surface area contributed by atoms with Crippen LogP contribution >= 0.6 is 0 Å². The third kappa shape index (κ3) is 3.56. The van der Waals surface area contributed by atoms with Gasteiger partial charge in [-0.1, -0.05) is 31.9 Å². The highest BCUT2D eigenvalue weighted by molar-refractivity contribution is 5.94. The van der Waals surface area contributed by atoms with Crippen LogP contribution in [-0.2, 0) is 0 Å². The Labute approximate surface area is 131 Å². The van der Waals surface area contributed by atoms with Crippen molar-refractivity contribution in [3.8, 4) is 11.1 Å². The van der Waals surface area contributed by atoms with E-state index in [1.807, 2.05) is 30.5 Å². The minimum atomic E-state index is 0.0401. The molecule has 2 unspecified atom stereocenters. The molecule has 1 aliphatic carbocycles. The molecule has 22 heavy (non-hydrogen) atoms. The number of nitrogens with one attached hydrogen (secondary N) is 2. The fourth-order valence-corrected chi connectivity index (χ4v) is 3.12. The maximum atomic E-state index is 12.4. The molecule has 0 radical (unpaired) electrons. The molecule has 2 aromatic rings. The van der Waals surface area contributed by atoms with Crippen molar-refractivity contribution >= 4 is 5.91 Å². The van der Waals surface area contributed by atoms with Gasteiger partial charge in [0, 0.05) is 23.4 Å². The Balaban J connectivity index is 1.62. The standard InChI is InChI=1S/C18H23N3O/c1-13-3-2-4-17(10-5-13)21-18(22)15-8-6-14(7-9-15)16-11-19-20-12-16/h6-9,11-13,17H,2-5,10H2,1H3,(H,19,20)(H,21,22). The number of rotatable bonds is 3. The lowest BCUT2D eigenvalue weighted by atomic mass is 10.0. The summed E-state index contributed by atoms with van der Waals surface area (Å²) in [6.07, 6.45) is 9.54. The van der Waals surface area contributed by atoms with Crippen LogP contribution in [0.25, 0.3) is 11.1 Å². The third-order valence-electron chi connectivity index (χ3n) is 4.57. The van der Waals surface area contributed by atoms with Gasteiger partial charge in [0.1, 0.15) is 0 Å². The highest BCUT2D eigenvalue weighted by atomic mass is 16.1. The molecule has 1 fully saturated rings. The second-order valence-corrected chi connectivity index (χ2v) is 6.35. The largest absolute Gasteiger partial charge is 0.349 e. The fourth-order valence-electron chi connectivity index (χ4n) is 3.12. The second-order valence-electron chi connectivity index (χ2n) is 6.35. The molecular formula is C18H23N3O. The summed E-state index contributed by atoms with van der Waals surface area (Å²) in [5.41, 5.74) is 2.82. The van der Waals surface area contributed by atoms with E-state index in [0.29, 0.717) is 6.04 Å². The van der Waals surface area contributed by atoms with E-state index in [1.54, 1.807) is 6.20 Å². The van der Waals surface area contributed by atoms with Crippen LogP contribution in [0, 0.1) is 5.92 Å². The fraction of sp³-hybridized carbons (Fsp3) is 0.444. The van der Waals surface area contributed by atoms with Gasteiger partial charge in [-0.15, -0.1) is 0 Å². The van der Waals surface area contributed by atoms with Crippen LogP contribution in [0.2, 0.25) is 0 Å². The Bertz CT molecular complexity index is 604. The number of benzene rings is 1. The molecule has 0 spiro atoms. The van der Waals surface area contributed by atoms with Crippen molar-refractivity contribution in [2.75, 3.05) is 0 Å². The average Bonchev–Trinajstić information content (AvgIpc) is 2.99. The molecule has 1 aromatic carbocycles. The molecule has 2 atom stereocenters. The first kappa shape index (κ1) is 14.8. The van der Waals surface area contributed by atoms with Gasteiger partial charge in [-0.2, -0.15) is 5.10 Å². The maximum absolute atomic E-state index is 12.4. The summed E-state index contributed by atoms with van der Waals surface area (Å²) in [5, 5.41) is 9.94. The van der Waals surface area contributed by atoms with Crippen molar-refractivity contribution in [1.29, 1.82) is 0 Å². The van der Waals surface area contributed by atoms with Crippen LogP contribution in [0.15, 0.2) is 36.7 Å². The molecule has 116 valence electrons. The van der Waals surface area contributed by atoms with Gasteiger partial charge in [-0.3, -0.25) is 9.89 Å². The molecule has 0 saturated heterocycles. The summed E-state index contributed by atoms with van der Waals surface area (Å²) in [6.45, 7) is 2.30. The third-order valence-corrected chi connectivity index (χ3v) is 4.57. The number of H-pyrrole nitrogens is 1. The minimum absolute atomic E-state index is 0.0401. The molecule has 1 aliphatic rings. The van der Waals surface area contributed by atoms with E-state index in [1.165, 1.54) is 19.3 Å². The van der Waals surface area contributed by atoms with Crippen LogP contribution in [0.1, 0.15) is 49.4 Å². The first-order valence-corrected chi connectivity index (χ1v) is 8.12. The van der Waals surface area contributed by atoms with E-state index in [0.717, 1.165) is 35.4 Å². The summed E-state index contributed by atoms with van der Waals surface area (Å²) in [7, 11) is 0. The highest BCUT2D eigenvalue weighted by Gasteiger charge is 2.18. The minimum Gasteiger partial charge on any atom is -0.349 e. The van der Waals surface area contributed by atoms with Gasteiger partial charge in [-0.05, 0) is 42.9 Å². The highest BCUT2D eigenvalue weighted by Crippen LogP contribution is 2.23. The molecule has 4 nitrogen and oxygen atoms in total. The molecular weight excluding hydrogens is 274 g/mol. The summed E-state index contributed by atoms with van der Waals surface area (Å²) < 4.78 is 0. The summed E-state index contributed by atoms with van der Waals surface area (Å²) in [6, 6.07) is 8.03. The normalized spacial score (nSPS) is 22.0. The number of nitrogens with zero attached hydrogens (tertiary/aromatic N) is 1. The van der Waals surface area contributed by atoms with Gasteiger partial charge in [-0.25, -0.2) is 0 Å². The molecule has 0 bridgehead atoms. The lowest BCUT2D eigenvalue weighted by Crippen LogP contribution is -2.34. The van der Waals surface area contributed by atoms with Crippen molar-refractivity contribution in [1.82, 2.24) is 15.5 Å². The second kappa shape index (κ2) is 6.77. The van der Waals surface area contributed by atoms with Gasteiger partial charge < -0.3 is 5.32 Å². The predicted octanol–water partition coefficient (Wildman–Crippen LogP) is 3.78. The Hall–Kier alpha value is -2.10. The molecule has 4 heteroatoms. The van der Waals surface area contributed by atoms with Crippen LogP contribution in [0.4, 0.5) is 0 Å². The van der Waals surface area contributed by atoms with Gasteiger partial charge in [0.25, 0.3) is 5.91 Å². The zero-order valence-corrected chi connectivity index (χ0v) is 13.0. The van der Waals surface area contributed by atoms with E-state index in [4.69, 9.17) is 0 Å². The Morgan fingerprint density at radius 1 is 1.14 bits per heavy atom. The van der Waals surface area contributed by atoms with Crippen molar-refractivity contribution in [2.24, 2.45) is 5.92 Å². The van der Waals surface area contributed by atoms with Crippen LogP contribution in [-0.4, -0.2) is 22.1 Å². The van der Waals surface area contributed by atoms with Crippen molar-refractivity contribution in [2.45, 2.75) is 45.1 Å². The van der Waals surface area contributed by atoms with E-state index < -0.39 is 0 Å². The molecule has 1 aromatic heterocycles. The number of hydrogen-bond acceptors (Lipinski definition) is 2. The Morgan fingerprint density at radius 2 is 1.95 bits per heavy atom. The van der Waals surface area contributed by atoms with Crippen molar-refractivity contribution < 1.29 is 4.79 Å². The van der Waals surface area contributed by atoms with Gasteiger partial charge >= 0.3 is 0 Å². The maximum Gasteiger partial charge on any atom is 0.251 e. The molecule has 0 aliphatic heterocycles. The van der Waals surface area contributed by atoms with Crippen LogP contribution < -0.4 is 5.32 Å². The first-order valence-electron chi connectivity index (χ1n) is 8.12. The monoisotopic (exact) mass is 297 g/mol. The van der Waals surface area contributed by atoms with E-state index >= 15 is 0 Å². The number of carbonyl (C=O) groups excluding carboxylic acids is 1. The van der Waals surface area contributed by atoms with Crippen LogP contribution in [0.5, 0.6) is 0 Å². The summed E-state index contributed by atoms with van der Waals surface area (Å²) >= 11 is 0. The summed E-state index contributed by atoms with van der Waals surface area (Å²) in [5.74, 6) is 0.828. The average molecular weight is 297 g/mol. The predicted molar refractivity (Wildman–Crippen MR) is 87.5 cm³/mol. The van der Waals surface area contributed by atoms with E-state index in [9.17, 15) is 4.79 Å². The van der Waals surface area contributed by atoms with Gasteiger partial charge in [0.05, 0.1) is 6.20 Å². The van der Waals surface area contributed by atoms with Crippen molar-refractivity contribution in [3.05, 3.63) is 42.2 Å². The Morgan fingerprint density at radius 3 is 2.68 bits per heavy atom. The first-order chi connectivity index (χ1) is 10.7. The number of aromatic amines is 1. The molecule has 1 saturated carbocycles. The molecule has 1 amide bonds. The number of carbonyl (C=O) groups is 1. The lowest BCUT2D eigenvalue weighted by Gasteiger charge is -2.16. The van der Waals surface area contributed by atoms with Crippen LogP contribution in [0.3, 0.4) is 0 Å². The zero-order chi connectivity index (χ0) is 15.4. The van der Waals surface area contributed by atoms with Gasteiger partial charge in [0.15, 0.2) is 0 Å². The number of hydrogen-bond donors (Lipinski definition) is 2. The number of amides is 1.